The number of aromatic nitrogens is 1. The van der Waals surface area contributed by atoms with E-state index in [1.807, 2.05) is 0 Å². The maximum Gasteiger partial charge on any atom is 0.244 e. The lowest BCUT2D eigenvalue weighted by atomic mass is 10.3. The van der Waals surface area contributed by atoms with Crippen molar-refractivity contribution in [3.8, 4) is 0 Å². The number of rotatable bonds is 6. The Labute approximate surface area is 146 Å². The van der Waals surface area contributed by atoms with E-state index in [4.69, 9.17) is 0 Å². The Hall–Kier alpha value is -2.30. The molecular weight excluding hydrogens is 366 g/mol. The fourth-order valence-corrected chi connectivity index (χ4v) is 3.99. The number of nitrogens with zero attached hydrogens (tertiary/aromatic N) is 2. The lowest BCUT2D eigenvalue weighted by molar-refractivity contribution is -0.116. The second-order valence-electron chi connectivity index (χ2n) is 5.27. The number of pyridine rings is 1. The van der Waals surface area contributed by atoms with Gasteiger partial charge >= 0.3 is 0 Å². The third-order valence-corrected chi connectivity index (χ3v) is 6.21. The van der Waals surface area contributed by atoms with Gasteiger partial charge in [0.15, 0.2) is 9.84 Å². The summed E-state index contributed by atoms with van der Waals surface area (Å²) < 4.78 is 49.1. The van der Waals surface area contributed by atoms with Crippen LogP contribution in [0.25, 0.3) is 0 Å². The van der Waals surface area contributed by atoms with Crippen molar-refractivity contribution < 1.29 is 21.6 Å². The SMILES string of the molecule is CN(CC(=O)Nc1ccccc1S(C)(=O)=O)S(=O)(=O)c1cccnc1. The highest BCUT2D eigenvalue weighted by Crippen LogP contribution is 2.20. The van der Waals surface area contributed by atoms with Gasteiger partial charge in [-0.15, -0.1) is 0 Å². The number of nitrogens with one attached hydrogen (secondary N) is 1. The van der Waals surface area contributed by atoms with E-state index in [9.17, 15) is 21.6 Å². The molecule has 1 heterocycles. The second kappa shape index (κ2) is 7.30. The van der Waals surface area contributed by atoms with Crippen molar-refractivity contribution in [3.05, 3.63) is 48.8 Å². The quantitative estimate of drug-likeness (QED) is 0.787. The summed E-state index contributed by atoms with van der Waals surface area (Å²) in [6.07, 6.45) is 3.65. The zero-order valence-corrected chi connectivity index (χ0v) is 15.2. The molecule has 8 nitrogen and oxygen atoms in total. The number of carbonyl (C=O) groups is 1. The van der Waals surface area contributed by atoms with Crippen LogP contribution in [-0.4, -0.2) is 51.9 Å². The van der Waals surface area contributed by atoms with Crippen molar-refractivity contribution >= 4 is 31.5 Å². The summed E-state index contributed by atoms with van der Waals surface area (Å²) in [5, 5.41) is 2.43. The number of para-hydroxylation sites is 1. The van der Waals surface area contributed by atoms with Crippen LogP contribution in [0.1, 0.15) is 0 Å². The van der Waals surface area contributed by atoms with E-state index in [-0.39, 0.29) is 15.5 Å². The minimum absolute atomic E-state index is 0.0400. The van der Waals surface area contributed by atoms with Crippen molar-refractivity contribution in [3.63, 3.8) is 0 Å². The predicted octanol–water partition coefficient (Wildman–Crippen LogP) is 0.744. The Morgan fingerprint density at radius 1 is 1.12 bits per heavy atom. The van der Waals surface area contributed by atoms with Gasteiger partial charge < -0.3 is 5.32 Å². The number of sulfonamides is 1. The third-order valence-electron chi connectivity index (χ3n) is 3.27. The maximum atomic E-state index is 12.4. The Morgan fingerprint density at radius 2 is 1.80 bits per heavy atom. The highest BCUT2D eigenvalue weighted by Gasteiger charge is 2.24. The molecule has 1 aromatic heterocycles. The van der Waals surface area contributed by atoms with Crippen molar-refractivity contribution in [2.45, 2.75) is 9.79 Å². The van der Waals surface area contributed by atoms with Gasteiger partial charge in [0.1, 0.15) is 4.90 Å². The lowest BCUT2D eigenvalue weighted by Crippen LogP contribution is -2.35. The van der Waals surface area contributed by atoms with Crippen molar-refractivity contribution in [2.75, 3.05) is 25.2 Å². The average molecular weight is 383 g/mol. The largest absolute Gasteiger partial charge is 0.324 e. The normalized spacial score (nSPS) is 12.1. The zero-order valence-electron chi connectivity index (χ0n) is 13.6. The van der Waals surface area contributed by atoms with E-state index in [0.717, 1.165) is 10.6 Å². The Morgan fingerprint density at radius 3 is 2.40 bits per heavy atom. The molecule has 1 aromatic carbocycles. The van der Waals surface area contributed by atoms with Crippen molar-refractivity contribution in [1.82, 2.24) is 9.29 Å². The van der Waals surface area contributed by atoms with Crippen LogP contribution in [0, 0.1) is 0 Å². The number of benzene rings is 1. The van der Waals surface area contributed by atoms with Gasteiger partial charge in [0.05, 0.1) is 17.1 Å². The van der Waals surface area contributed by atoms with Crippen LogP contribution in [0.5, 0.6) is 0 Å². The molecule has 2 aromatic rings. The lowest BCUT2D eigenvalue weighted by Gasteiger charge is -2.17. The molecular formula is C15H17N3O5S2. The van der Waals surface area contributed by atoms with Crippen LogP contribution < -0.4 is 5.32 Å². The van der Waals surface area contributed by atoms with Gasteiger partial charge in [-0.25, -0.2) is 16.8 Å². The van der Waals surface area contributed by atoms with E-state index in [1.54, 1.807) is 6.07 Å². The van der Waals surface area contributed by atoms with Crippen molar-refractivity contribution in [1.29, 1.82) is 0 Å². The highest BCUT2D eigenvalue weighted by atomic mass is 32.2. The topological polar surface area (TPSA) is 114 Å². The maximum absolute atomic E-state index is 12.4. The summed E-state index contributed by atoms with van der Waals surface area (Å²) in [5.74, 6) is -0.661. The molecule has 0 aliphatic carbocycles. The molecule has 0 unspecified atom stereocenters. The molecule has 2 rings (SSSR count). The first-order chi connectivity index (χ1) is 11.6. The van der Waals surface area contributed by atoms with Gasteiger partial charge in [-0.2, -0.15) is 4.31 Å². The molecule has 0 atom stereocenters. The van der Waals surface area contributed by atoms with Crippen LogP contribution in [0.3, 0.4) is 0 Å². The molecule has 0 aliphatic rings. The number of carbonyl (C=O) groups excluding carboxylic acids is 1. The molecule has 0 bridgehead atoms. The van der Waals surface area contributed by atoms with E-state index in [2.05, 4.69) is 10.3 Å². The molecule has 0 saturated heterocycles. The Kier molecular flexibility index (Phi) is 5.55. The van der Waals surface area contributed by atoms with Gasteiger partial charge in [0, 0.05) is 25.7 Å². The number of hydrogen-bond donors (Lipinski definition) is 1. The van der Waals surface area contributed by atoms with Gasteiger partial charge in [-0.1, -0.05) is 12.1 Å². The Balaban J connectivity index is 2.16. The number of likely N-dealkylation sites (N-methyl/N-ethyl adjacent to an activating group) is 1. The summed E-state index contributed by atoms with van der Waals surface area (Å²) in [7, 11) is -6.15. The number of hydrogen-bond acceptors (Lipinski definition) is 6. The van der Waals surface area contributed by atoms with Crippen LogP contribution in [0.2, 0.25) is 0 Å². The van der Waals surface area contributed by atoms with Crippen molar-refractivity contribution in [2.24, 2.45) is 0 Å². The summed E-state index contributed by atoms with van der Waals surface area (Å²) in [5.41, 5.74) is 0.0992. The average Bonchev–Trinajstić information content (AvgIpc) is 2.55. The fourth-order valence-electron chi connectivity index (χ4n) is 2.05. The first-order valence-corrected chi connectivity index (χ1v) is 10.4. The fraction of sp³-hybridized carbons (Fsp3) is 0.200. The molecule has 0 radical (unpaired) electrons. The number of sulfone groups is 1. The van der Waals surface area contributed by atoms with E-state index in [1.165, 1.54) is 49.8 Å². The summed E-state index contributed by atoms with van der Waals surface area (Å²) >= 11 is 0. The standard InChI is InChI=1S/C15H17N3O5S2/c1-18(25(22,23)12-6-5-9-16-10-12)11-15(19)17-13-7-3-4-8-14(13)24(2,20)21/h3-10H,11H2,1-2H3,(H,17,19). The van der Waals surface area contributed by atoms with Gasteiger partial charge in [0.2, 0.25) is 15.9 Å². The van der Waals surface area contributed by atoms with Gasteiger partial charge in [0.25, 0.3) is 0 Å². The molecule has 0 saturated carbocycles. The van der Waals surface area contributed by atoms with E-state index < -0.39 is 32.3 Å². The van der Waals surface area contributed by atoms with Crippen LogP contribution in [-0.2, 0) is 24.7 Å². The first-order valence-electron chi connectivity index (χ1n) is 7.07. The van der Waals surface area contributed by atoms with Crippen LogP contribution >= 0.6 is 0 Å². The zero-order chi connectivity index (χ0) is 18.7. The Bertz CT molecular complexity index is 973. The van der Waals surface area contributed by atoms with Crippen LogP contribution in [0.15, 0.2) is 58.6 Å². The van der Waals surface area contributed by atoms with Crippen LogP contribution in [0.4, 0.5) is 5.69 Å². The van der Waals surface area contributed by atoms with Gasteiger partial charge in [-0.05, 0) is 24.3 Å². The predicted molar refractivity (Wildman–Crippen MR) is 92.2 cm³/mol. The first kappa shape index (κ1) is 19.0. The van der Waals surface area contributed by atoms with E-state index in [0.29, 0.717) is 0 Å². The second-order valence-corrected chi connectivity index (χ2v) is 9.30. The monoisotopic (exact) mass is 383 g/mol. The number of amides is 1. The third kappa shape index (κ3) is 4.62. The smallest absolute Gasteiger partial charge is 0.244 e. The summed E-state index contributed by atoms with van der Waals surface area (Å²) in [6, 6.07) is 8.75. The molecule has 0 aliphatic heterocycles. The highest BCUT2D eigenvalue weighted by molar-refractivity contribution is 7.91. The molecule has 0 fully saturated rings. The molecule has 0 spiro atoms. The number of anilines is 1. The summed E-state index contributed by atoms with van der Waals surface area (Å²) in [6.45, 7) is -0.477. The molecule has 10 heteroatoms. The molecule has 1 amide bonds. The minimum Gasteiger partial charge on any atom is -0.324 e. The van der Waals surface area contributed by atoms with Gasteiger partial charge in [-0.3, -0.25) is 9.78 Å². The molecule has 134 valence electrons. The molecule has 1 N–H and O–H groups in total. The molecule has 25 heavy (non-hydrogen) atoms. The summed E-state index contributed by atoms with van der Waals surface area (Å²) in [4.78, 5) is 15.8. The minimum atomic E-state index is -3.87. The van der Waals surface area contributed by atoms with E-state index >= 15 is 0 Å².